The van der Waals surface area contributed by atoms with Crippen molar-refractivity contribution in [1.29, 1.82) is 0 Å². The molecule has 2 aromatic carbocycles. The van der Waals surface area contributed by atoms with Gasteiger partial charge >= 0.3 is 0 Å². The molecule has 0 amide bonds. The minimum Gasteiger partial charge on any atom is -0.772 e. The van der Waals surface area contributed by atoms with Gasteiger partial charge in [0.1, 0.15) is 11.6 Å². The van der Waals surface area contributed by atoms with Crippen LogP contribution in [-0.2, 0) is 16.8 Å². The third-order valence-corrected chi connectivity index (χ3v) is 4.47. The van der Waals surface area contributed by atoms with Gasteiger partial charge in [0.15, 0.2) is 0 Å². The van der Waals surface area contributed by atoms with Gasteiger partial charge in [0, 0.05) is 23.7 Å². The van der Waals surface area contributed by atoms with Gasteiger partial charge < -0.3 is 4.55 Å². The second-order valence-corrected chi connectivity index (χ2v) is 6.54. The molecule has 0 N–H and O–H groups in total. The molecular weight excluding hydrogens is 344 g/mol. The van der Waals surface area contributed by atoms with Crippen LogP contribution in [0.3, 0.4) is 0 Å². The second kappa shape index (κ2) is 7.21. The Morgan fingerprint density at radius 1 is 1.00 bits per heavy atom. The first-order valence-corrected chi connectivity index (χ1v) is 8.75. The van der Waals surface area contributed by atoms with Crippen molar-refractivity contribution in [3.63, 3.8) is 0 Å². The zero-order chi connectivity index (χ0) is 18.0. The van der Waals surface area contributed by atoms with Crippen molar-refractivity contribution in [2.24, 2.45) is 0 Å². The topological polar surface area (TPSA) is 53.0 Å². The van der Waals surface area contributed by atoms with Gasteiger partial charge in [0.25, 0.3) is 0 Å². The van der Waals surface area contributed by atoms with E-state index in [0.29, 0.717) is 16.7 Å². The summed E-state index contributed by atoms with van der Waals surface area (Å²) >= 11 is -2.35. The summed E-state index contributed by atoms with van der Waals surface area (Å²) in [5.41, 5.74) is 3.46. The highest BCUT2D eigenvalue weighted by Crippen LogP contribution is 2.33. The van der Waals surface area contributed by atoms with Crippen LogP contribution in [0.15, 0.2) is 54.9 Å². The predicted octanol–water partition coefficient (Wildman–Crippen LogP) is 4.38. The van der Waals surface area contributed by atoms with E-state index in [4.69, 9.17) is 0 Å². The van der Waals surface area contributed by atoms with Crippen LogP contribution in [0.25, 0.3) is 22.3 Å². The normalized spacial score (nSPS) is 12.2. The Hall–Kier alpha value is -2.44. The number of hydrogen-bond acceptors (Lipinski definition) is 3. The monoisotopic (exact) mass is 358 g/mol. The van der Waals surface area contributed by atoms with Crippen molar-refractivity contribution in [2.75, 3.05) is 0 Å². The lowest BCUT2D eigenvalue weighted by molar-refractivity contribution is 0.533. The van der Waals surface area contributed by atoms with Crippen molar-refractivity contribution in [2.45, 2.75) is 12.7 Å². The van der Waals surface area contributed by atoms with Crippen LogP contribution < -0.4 is 0 Å². The number of aryl methyl sites for hydroxylation is 1. The van der Waals surface area contributed by atoms with E-state index in [1.54, 1.807) is 43.6 Å². The zero-order valence-corrected chi connectivity index (χ0v) is 14.1. The van der Waals surface area contributed by atoms with Gasteiger partial charge in [-0.05, 0) is 59.0 Å². The molecule has 3 rings (SSSR count). The molecule has 0 bridgehead atoms. The van der Waals surface area contributed by atoms with Crippen molar-refractivity contribution < 1.29 is 17.5 Å². The molecule has 0 aliphatic rings. The average molecular weight is 358 g/mol. The molecule has 6 heteroatoms. The molecule has 0 aliphatic carbocycles. The third-order valence-electron chi connectivity index (χ3n) is 3.93. The number of rotatable bonds is 4. The van der Waals surface area contributed by atoms with Gasteiger partial charge in [-0.1, -0.05) is 29.3 Å². The van der Waals surface area contributed by atoms with E-state index < -0.39 is 16.9 Å². The fourth-order valence-corrected chi connectivity index (χ4v) is 3.14. The first-order chi connectivity index (χ1) is 12.0. The summed E-state index contributed by atoms with van der Waals surface area (Å²) in [6.07, 6.45) is 3.22. The maximum Gasteiger partial charge on any atom is 0.127 e. The second-order valence-electron chi connectivity index (χ2n) is 5.64. The average Bonchev–Trinajstić information content (AvgIpc) is 2.59. The van der Waals surface area contributed by atoms with Crippen LogP contribution in [0.5, 0.6) is 0 Å². The lowest BCUT2D eigenvalue weighted by Gasteiger charge is -2.12. The summed E-state index contributed by atoms with van der Waals surface area (Å²) in [6, 6.07) is 10.9. The van der Waals surface area contributed by atoms with Crippen LogP contribution >= 0.6 is 0 Å². The van der Waals surface area contributed by atoms with Crippen molar-refractivity contribution in [3.8, 4) is 22.3 Å². The molecule has 1 unspecified atom stereocenters. The highest BCUT2D eigenvalue weighted by Gasteiger charge is 2.11. The third kappa shape index (κ3) is 3.81. The molecule has 1 heterocycles. The van der Waals surface area contributed by atoms with E-state index in [-0.39, 0.29) is 17.1 Å². The summed E-state index contributed by atoms with van der Waals surface area (Å²) in [5.74, 6) is -1.25. The molecule has 0 saturated heterocycles. The standard InChI is InChI=1S/C19H15F2NO2S/c1-12-8-13(4-5-18(12)20)16-6-7-22-10-17(16)14-2-3-15(11-25(23)24)19(21)9-14/h2-10H,11H2,1H3,(H,23,24)/p-1. The van der Waals surface area contributed by atoms with Crippen LogP contribution in [-0.4, -0.2) is 13.7 Å². The van der Waals surface area contributed by atoms with E-state index in [2.05, 4.69) is 4.98 Å². The predicted molar refractivity (Wildman–Crippen MR) is 92.4 cm³/mol. The van der Waals surface area contributed by atoms with Crippen molar-refractivity contribution in [3.05, 3.63) is 77.6 Å². The van der Waals surface area contributed by atoms with E-state index in [0.717, 1.165) is 11.1 Å². The van der Waals surface area contributed by atoms with Crippen molar-refractivity contribution >= 4 is 11.1 Å². The fourth-order valence-electron chi connectivity index (χ4n) is 2.65. The molecule has 25 heavy (non-hydrogen) atoms. The molecule has 0 fully saturated rings. The van der Waals surface area contributed by atoms with Gasteiger partial charge in [-0.15, -0.1) is 0 Å². The van der Waals surface area contributed by atoms with Gasteiger partial charge in [0.2, 0.25) is 0 Å². The Balaban J connectivity index is 2.08. The summed E-state index contributed by atoms with van der Waals surface area (Å²) < 4.78 is 49.3. The molecule has 1 aromatic heterocycles. The Morgan fingerprint density at radius 3 is 2.40 bits per heavy atom. The first kappa shape index (κ1) is 17.4. The summed E-state index contributed by atoms with van der Waals surface area (Å²) in [4.78, 5) is 4.09. The maximum atomic E-state index is 14.2. The number of halogens is 2. The SMILES string of the molecule is Cc1cc(-c2ccncc2-c2ccc(CS(=O)[O-])c(F)c2)ccc1F. The smallest absolute Gasteiger partial charge is 0.127 e. The molecule has 128 valence electrons. The molecule has 1 atom stereocenters. The molecule has 0 saturated carbocycles. The molecule has 0 spiro atoms. The quantitative estimate of drug-likeness (QED) is 0.650. The molecule has 3 aromatic rings. The molecule has 0 radical (unpaired) electrons. The molecular formula is C19H14F2NO2S-. The lowest BCUT2D eigenvalue weighted by atomic mass is 9.95. The van der Waals surface area contributed by atoms with Crippen molar-refractivity contribution in [1.82, 2.24) is 4.98 Å². The minimum absolute atomic E-state index is 0.111. The number of aromatic nitrogens is 1. The van der Waals surface area contributed by atoms with E-state index in [1.807, 2.05) is 0 Å². The highest BCUT2D eigenvalue weighted by molar-refractivity contribution is 7.78. The zero-order valence-electron chi connectivity index (χ0n) is 13.3. The minimum atomic E-state index is -2.35. The number of pyridine rings is 1. The van der Waals surface area contributed by atoms with E-state index in [9.17, 15) is 17.5 Å². The fraction of sp³-hybridized carbons (Fsp3) is 0.105. The molecule has 3 nitrogen and oxygen atoms in total. The van der Waals surface area contributed by atoms with Gasteiger partial charge in [-0.2, -0.15) is 0 Å². The van der Waals surface area contributed by atoms with E-state index >= 15 is 0 Å². The first-order valence-electron chi connectivity index (χ1n) is 7.51. The summed E-state index contributed by atoms with van der Waals surface area (Å²) in [6.45, 7) is 1.68. The number of benzene rings is 2. The van der Waals surface area contributed by atoms with Crippen LogP contribution in [0.4, 0.5) is 8.78 Å². The Bertz CT molecular complexity index is 960. The van der Waals surface area contributed by atoms with Gasteiger partial charge in [-0.25, -0.2) is 8.78 Å². The number of hydrogen-bond donors (Lipinski definition) is 0. The van der Waals surface area contributed by atoms with E-state index in [1.165, 1.54) is 18.2 Å². The van der Waals surface area contributed by atoms with Crippen LogP contribution in [0, 0.1) is 18.6 Å². The highest BCUT2D eigenvalue weighted by atomic mass is 32.2. The Labute approximate surface area is 146 Å². The maximum absolute atomic E-state index is 14.2. The lowest BCUT2D eigenvalue weighted by Crippen LogP contribution is -1.97. The van der Waals surface area contributed by atoms with Gasteiger partial charge in [-0.3, -0.25) is 9.19 Å². The summed E-state index contributed by atoms with van der Waals surface area (Å²) in [5, 5.41) is 0. The van der Waals surface area contributed by atoms with Crippen LogP contribution in [0.1, 0.15) is 11.1 Å². The molecule has 0 aliphatic heterocycles. The van der Waals surface area contributed by atoms with Gasteiger partial charge in [0.05, 0.1) is 0 Å². The largest absolute Gasteiger partial charge is 0.772 e. The Kier molecular flexibility index (Phi) is 5.01. The Morgan fingerprint density at radius 2 is 1.72 bits per heavy atom. The summed E-state index contributed by atoms with van der Waals surface area (Å²) in [7, 11) is 0. The number of nitrogens with zero attached hydrogens (tertiary/aromatic N) is 1. The van der Waals surface area contributed by atoms with Crippen LogP contribution in [0.2, 0.25) is 0 Å².